The summed E-state index contributed by atoms with van der Waals surface area (Å²) >= 11 is 5.98. The van der Waals surface area contributed by atoms with Gasteiger partial charge in [-0.05, 0) is 42.0 Å². The maximum Gasteiger partial charge on any atom is 0.240 e. The number of nitrogens with zero attached hydrogens (tertiary/aromatic N) is 3. The minimum atomic E-state index is -1.20. The third-order valence-corrected chi connectivity index (χ3v) is 6.69. The molecular formula is C24H26ClN3O4. The average molecular weight is 456 g/mol. The Morgan fingerprint density at radius 1 is 1.06 bits per heavy atom. The van der Waals surface area contributed by atoms with Crippen LogP contribution in [0.1, 0.15) is 18.4 Å². The van der Waals surface area contributed by atoms with Crippen LogP contribution in [-0.4, -0.2) is 67.9 Å². The van der Waals surface area contributed by atoms with E-state index in [-0.39, 0.29) is 30.6 Å². The quantitative estimate of drug-likeness (QED) is 0.648. The molecule has 2 aliphatic rings. The number of rotatable bonds is 5. The Hall–Kier alpha value is -3.06. The van der Waals surface area contributed by atoms with Gasteiger partial charge in [0.25, 0.3) is 0 Å². The molecule has 168 valence electrons. The number of anilines is 1. The number of likely N-dealkylation sites (tertiary alicyclic amines) is 1. The van der Waals surface area contributed by atoms with E-state index in [0.717, 1.165) is 10.6 Å². The van der Waals surface area contributed by atoms with Crippen LogP contribution in [0.15, 0.2) is 48.5 Å². The van der Waals surface area contributed by atoms with Gasteiger partial charge in [-0.15, -0.1) is 0 Å². The molecule has 0 aliphatic carbocycles. The van der Waals surface area contributed by atoms with Crippen molar-refractivity contribution < 1.29 is 19.1 Å². The van der Waals surface area contributed by atoms with Gasteiger partial charge in [-0.1, -0.05) is 23.7 Å². The lowest BCUT2D eigenvalue weighted by Crippen LogP contribution is -2.51. The van der Waals surface area contributed by atoms with E-state index in [9.17, 15) is 14.4 Å². The summed E-state index contributed by atoms with van der Waals surface area (Å²) in [4.78, 5) is 44.1. The number of amides is 3. The zero-order valence-corrected chi connectivity index (χ0v) is 19.0. The second-order valence-corrected chi connectivity index (χ2v) is 8.71. The van der Waals surface area contributed by atoms with Crippen LogP contribution in [0.25, 0.3) is 0 Å². The number of hydrogen-bond acceptors (Lipinski definition) is 5. The Morgan fingerprint density at radius 2 is 1.75 bits per heavy atom. The fourth-order valence-electron chi connectivity index (χ4n) is 4.51. The molecule has 0 spiro atoms. The minimum absolute atomic E-state index is 0.0218. The highest BCUT2D eigenvalue weighted by Crippen LogP contribution is 2.41. The number of benzene rings is 2. The highest BCUT2D eigenvalue weighted by Gasteiger charge is 2.53. The van der Waals surface area contributed by atoms with E-state index in [0.29, 0.717) is 42.5 Å². The zero-order valence-electron chi connectivity index (χ0n) is 18.2. The van der Waals surface area contributed by atoms with Crippen molar-refractivity contribution >= 4 is 35.0 Å². The van der Waals surface area contributed by atoms with Crippen molar-refractivity contribution in [3.05, 3.63) is 59.1 Å². The molecule has 2 aliphatic heterocycles. The number of likely N-dealkylation sites (N-methyl/N-ethyl adjacent to an activating group) is 1. The Kier molecular flexibility index (Phi) is 6.11. The lowest BCUT2D eigenvalue weighted by Gasteiger charge is -2.37. The summed E-state index contributed by atoms with van der Waals surface area (Å²) in [6.45, 7) is 2.47. The number of imide groups is 1. The molecule has 0 aromatic heterocycles. The van der Waals surface area contributed by atoms with Gasteiger partial charge < -0.3 is 14.5 Å². The smallest absolute Gasteiger partial charge is 0.240 e. The molecule has 2 saturated heterocycles. The number of hydrogen-bond donors (Lipinski definition) is 0. The van der Waals surface area contributed by atoms with Gasteiger partial charge in [0.05, 0.1) is 12.5 Å². The highest BCUT2D eigenvalue weighted by atomic mass is 35.5. The molecule has 3 amide bonds. The van der Waals surface area contributed by atoms with Crippen LogP contribution in [0.2, 0.25) is 5.02 Å². The summed E-state index contributed by atoms with van der Waals surface area (Å²) in [5.74, 6) is -0.164. The zero-order chi connectivity index (χ0) is 22.9. The van der Waals surface area contributed by atoms with Gasteiger partial charge in [0.2, 0.25) is 17.7 Å². The van der Waals surface area contributed by atoms with Gasteiger partial charge in [-0.3, -0.25) is 19.3 Å². The van der Waals surface area contributed by atoms with Crippen LogP contribution in [0.3, 0.4) is 0 Å². The highest BCUT2D eigenvalue weighted by molar-refractivity contribution is 6.30. The van der Waals surface area contributed by atoms with E-state index >= 15 is 0 Å². The molecule has 32 heavy (non-hydrogen) atoms. The van der Waals surface area contributed by atoms with Crippen molar-refractivity contribution in [2.45, 2.75) is 18.3 Å². The molecule has 4 rings (SSSR count). The van der Waals surface area contributed by atoms with Crippen molar-refractivity contribution in [1.82, 2.24) is 9.80 Å². The van der Waals surface area contributed by atoms with Crippen molar-refractivity contribution in [2.75, 3.05) is 45.2 Å². The summed E-state index contributed by atoms with van der Waals surface area (Å²) in [5.41, 5.74) is 0.491. The molecule has 0 N–H and O–H groups in total. The number of ether oxygens (including phenoxy) is 1. The van der Waals surface area contributed by atoms with E-state index in [4.69, 9.17) is 16.3 Å². The predicted octanol–water partition coefficient (Wildman–Crippen LogP) is 2.71. The molecule has 0 radical (unpaired) electrons. The Bertz CT molecular complexity index is 1030. The first-order chi connectivity index (χ1) is 15.3. The fraction of sp³-hybridized carbons (Fsp3) is 0.375. The molecule has 2 aromatic rings. The summed E-state index contributed by atoms with van der Waals surface area (Å²) in [6.07, 6.45) is -0.0675. The van der Waals surface area contributed by atoms with Gasteiger partial charge >= 0.3 is 0 Å². The second-order valence-electron chi connectivity index (χ2n) is 8.27. The van der Waals surface area contributed by atoms with E-state index in [1.54, 1.807) is 36.3 Å². The normalized spacial score (nSPS) is 21.3. The summed E-state index contributed by atoms with van der Waals surface area (Å²) in [6, 6.07) is 14.7. The van der Waals surface area contributed by atoms with Crippen LogP contribution in [0.4, 0.5) is 5.69 Å². The van der Waals surface area contributed by atoms with Gasteiger partial charge in [0.1, 0.15) is 5.75 Å². The van der Waals surface area contributed by atoms with Crippen LogP contribution in [0.5, 0.6) is 5.75 Å². The topological polar surface area (TPSA) is 70.2 Å². The van der Waals surface area contributed by atoms with Crippen molar-refractivity contribution in [3.8, 4) is 5.75 Å². The van der Waals surface area contributed by atoms with Gasteiger partial charge in [0, 0.05) is 56.8 Å². The molecule has 0 bridgehead atoms. The number of carbonyl (C=O) groups excluding carboxylic acids is 3. The third kappa shape index (κ3) is 4.05. The van der Waals surface area contributed by atoms with Crippen LogP contribution in [0, 0.1) is 0 Å². The number of methoxy groups -OCH3 is 1. The largest absolute Gasteiger partial charge is 0.497 e. The first-order valence-electron chi connectivity index (χ1n) is 10.6. The Balaban J connectivity index is 1.52. The maximum atomic E-state index is 13.3. The molecule has 0 unspecified atom stereocenters. The van der Waals surface area contributed by atoms with Crippen LogP contribution >= 0.6 is 11.6 Å². The summed E-state index contributed by atoms with van der Waals surface area (Å²) < 4.78 is 5.31. The number of carbonyl (C=O) groups is 3. The number of halogens is 1. The Morgan fingerprint density at radius 3 is 2.34 bits per heavy atom. The van der Waals surface area contributed by atoms with E-state index in [1.165, 1.54) is 7.05 Å². The summed E-state index contributed by atoms with van der Waals surface area (Å²) in [7, 11) is 3.02. The molecule has 0 saturated carbocycles. The first-order valence-corrected chi connectivity index (χ1v) is 11.0. The SMILES string of the molecule is COc1cccc([C@@]2(CC(=O)N3CCN(c4ccc(Cl)cc4)CC3)CC(=O)N(C)C2=O)c1. The average Bonchev–Trinajstić information content (AvgIpc) is 3.04. The molecular weight excluding hydrogens is 430 g/mol. The number of piperazine rings is 1. The first kappa shape index (κ1) is 22.1. The van der Waals surface area contributed by atoms with Gasteiger partial charge in [0.15, 0.2) is 0 Å². The molecule has 8 heteroatoms. The molecule has 1 atom stereocenters. The Labute approximate surface area is 192 Å². The van der Waals surface area contributed by atoms with Crippen LogP contribution < -0.4 is 9.64 Å². The van der Waals surface area contributed by atoms with Crippen molar-refractivity contribution in [2.24, 2.45) is 0 Å². The summed E-state index contributed by atoms with van der Waals surface area (Å²) in [5, 5.41) is 0.686. The van der Waals surface area contributed by atoms with Gasteiger partial charge in [-0.25, -0.2) is 0 Å². The predicted molar refractivity (Wildman–Crippen MR) is 122 cm³/mol. The van der Waals surface area contributed by atoms with E-state index < -0.39 is 5.41 Å². The van der Waals surface area contributed by atoms with Crippen molar-refractivity contribution in [3.63, 3.8) is 0 Å². The lowest BCUT2D eigenvalue weighted by molar-refractivity contribution is -0.141. The molecule has 7 nitrogen and oxygen atoms in total. The third-order valence-electron chi connectivity index (χ3n) is 6.44. The lowest BCUT2D eigenvalue weighted by atomic mass is 9.75. The van der Waals surface area contributed by atoms with Gasteiger partial charge in [-0.2, -0.15) is 0 Å². The van der Waals surface area contributed by atoms with E-state index in [1.807, 2.05) is 24.3 Å². The molecule has 2 fully saturated rings. The fourth-order valence-corrected chi connectivity index (χ4v) is 4.63. The standard InChI is InChI=1S/C24H26ClN3O4/c1-26-21(29)15-24(23(26)31,17-4-3-5-20(14-17)32-2)16-22(30)28-12-10-27(11-13-28)19-8-6-18(25)7-9-19/h3-9,14H,10-13,15-16H2,1-2H3/t24-/m0/s1. The molecule has 2 heterocycles. The van der Waals surface area contributed by atoms with Crippen LogP contribution in [-0.2, 0) is 19.8 Å². The van der Waals surface area contributed by atoms with Crippen molar-refractivity contribution in [1.29, 1.82) is 0 Å². The maximum absolute atomic E-state index is 13.3. The minimum Gasteiger partial charge on any atom is -0.497 e. The molecule has 2 aromatic carbocycles. The monoisotopic (exact) mass is 455 g/mol. The second kappa shape index (κ2) is 8.82. The van der Waals surface area contributed by atoms with E-state index in [2.05, 4.69) is 4.90 Å².